The van der Waals surface area contributed by atoms with Crippen molar-refractivity contribution < 1.29 is 18.0 Å². The van der Waals surface area contributed by atoms with Crippen molar-refractivity contribution in [3.05, 3.63) is 52.9 Å². The van der Waals surface area contributed by atoms with Gasteiger partial charge >= 0.3 is 5.92 Å². The number of fused-ring (bicyclic) bond motifs is 1. The molecule has 0 aliphatic heterocycles. The standard InChI is InChI=1S/C16H11F3N2OS/c1-20-11-7-9(3-4-10(11)17)21-8-13(23-2)14-12(21)5-6-16(18,19)15(14)22/h3-4,7-8H,5-6H2,2H3. The number of benzene rings is 1. The van der Waals surface area contributed by atoms with E-state index in [1.807, 2.05) is 0 Å². The molecule has 0 atom stereocenters. The van der Waals surface area contributed by atoms with E-state index in [2.05, 4.69) is 4.85 Å². The number of thioether (sulfide) groups is 1. The molecule has 2 aromatic rings. The number of alkyl halides is 2. The summed E-state index contributed by atoms with van der Waals surface area (Å²) in [6.07, 6.45) is 2.79. The van der Waals surface area contributed by atoms with Gasteiger partial charge in [0.2, 0.25) is 11.5 Å². The molecule has 118 valence electrons. The van der Waals surface area contributed by atoms with Gasteiger partial charge in [-0.2, -0.15) is 8.78 Å². The van der Waals surface area contributed by atoms with Crippen molar-refractivity contribution >= 4 is 23.2 Å². The second kappa shape index (κ2) is 5.46. The number of carbonyl (C=O) groups is 1. The first-order valence-corrected chi connectivity index (χ1v) is 7.99. The van der Waals surface area contributed by atoms with E-state index in [0.717, 1.165) is 6.07 Å². The molecule has 1 aromatic heterocycles. The molecule has 0 spiro atoms. The molecule has 0 saturated heterocycles. The molecular weight excluding hydrogens is 325 g/mol. The molecule has 1 aromatic carbocycles. The van der Waals surface area contributed by atoms with Gasteiger partial charge < -0.3 is 4.57 Å². The van der Waals surface area contributed by atoms with Crippen molar-refractivity contribution in [2.45, 2.75) is 23.7 Å². The first-order valence-electron chi connectivity index (χ1n) is 6.77. The van der Waals surface area contributed by atoms with Crippen LogP contribution in [0.4, 0.5) is 18.9 Å². The molecule has 3 nitrogen and oxygen atoms in total. The van der Waals surface area contributed by atoms with Crippen LogP contribution in [0.25, 0.3) is 10.5 Å². The van der Waals surface area contributed by atoms with Gasteiger partial charge in [-0.05, 0) is 30.9 Å². The molecule has 23 heavy (non-hydrogen) atoms. The number of aromatic nitrogens is 1. The molecule has 0 amide bonds. The fourth-order valence-electron chi connectivity index (χ4n) is 2.70. The normalized spacial score (nSPS) is 16.0. The van der Waals surface area contributed by atoms with Crippen LogP contribution in [0.5, 0.6) is 0 Å². The Kier molecular flexibility index (Phi) is 3.72. The van der Waals surface area contributed by atoms with Gasteiger partial charge in [0, 0.05) is 28.9 Å². The number of hydrogen-bond donors (Lipinski definition) is 0. The van der Waals surface area contributed by atoms with E-state index >= 15 is 0 Å². The molecule has 1 heterocycles. The molecule has 0 unspecified atom stereocenters. The van der Waals surface area contributed by atoms with Gasteiger partial charge in [-0.1, -0.05) is 0 Å². The zero-order valence-electron chi connectivity index (χ0n) is 12.1. The summed E-state index contributed by atoms with van der Waals surface area (Å²) in [7, 11) is 0. The Morgan fingerprint density at radius 1 is 1.39 bits per heavy atom. The summed E-state index contributed by atoms with van der Waals surface area (Å²) in [5, 5.41) is 0. The lowest BCUT2D eigenvalue weighted by molar-refractivity contribution is 0.00144. The summed E-state index contributed by atoms with van der Waals surface area (Å²) in [4.78, 5) is 15.6. The monoisotopic (exact) mass is 336 g/mol. The number of halogens is 3. The molecule has 3 rings (SSSR count). The number of carbonyl (C=O) groups excluding carboxylic acids is 1. The van der Waals surface area contributed by atoms with Crippen molar-refractivity contribution in [2.75, 3.05) is 6.26 Å². The highest BCUT2D eigenvalue weighted by Gasteiger charge is 2.46. The number of Topliss-reactive ketones (excluding diaryl/α,β-unsaturated/α-hetero) is 1. The Balaban J connectivity index is 2.21. The minimum atomic E-state index is -3.35. The van der Waals surface area contributed by atoms with E-state index in [0.29, 0.717) is 16.3 Å². The lowest BCUT2D eigenvalue weighted by Crippen LogP contribution is -2.34. The summed E-state index contributed by atoms with van der Waals surface area (Å²) < 4.78 is 42.5. The Hall–Kier alpha value is -2.20. The fourth-order valence-corrected chi connectivity index (χ4v) is 3.33. The van der Waals surface area contributed by atoms with E-state index in [1.165, 1.54) is 23.9 Å². The van der Waals surface area contributed by atoms with E-state index in [-0.39, 0.29) is 17.7 Å². The van der Waals surface area contributed by atoms with Crippen LogP contribution in [0.15, 0.2) is 29.3 Å². The Labute approximate surface area is 134 Å². The third-order valence-electron chi connectivity index (χ3n) is 3.86. The summed E-state index contributed by atoms with van der Waals surface area (Å²) in [5.74, 6) is -5.17. The second-order valence-electron chi connectivity index (χ2n) is 5.17. The maximum absolute atomic E-state index is 13.7. The van der Waals surface area contributed by atoms with Crippen molar-refractivity contribution in [2.24, 2.45) is 0 Å². The molecular formula is C16H11F3N2OS. The molecule has 0 bridgehead atoms. The van der Waals surface area contributed by atoms with Crippen LogP contribution >= 0.6 is 11.8 Å². The van der Waals surface area contributed by atoms with Gasteiger partial charge in [0.1, 0.15) is 5.82 Å². The Morgan fingerprint density at radius 3 is 2.78 bits per heavy atom. The summed E-state index contributed by atoms with van der Waals surface area (Å²) in [6, 6.07) is 3.97. The number of rotatable bonds is 2. The van der Waals surface area contributed by atoms with Crippen LogP contribution < -0.4 is 0 Å². The third-order valence-corrected chi connectivity index (χ3v) is 4.60. The minimum absolute atomic E-state index is 0.0300. The fraction of sp³-hybridized carbons (Fsp3) is 0.250. The van der Waals surface area contributed by atoms with Crippen LogP contribution in [0.1, 0.15) is 22.5 Å². The van der Waals surface area contributed by atoms with Crippen molar-refractivity contribution in [3.8, 4) is 5.69 Å². The molecule has 0 fully saturated rings. The quantitative estimate of drug-likeness (QED) is 0.589. The first kappa shape index (κ1) is 15.7. The maximum Gasteiger partial charge on any atom is 0.310 e. The van der Waals surface area contributed by atoms with Crippen LogP contribution in [-0.4, -0.2) is 22.5 Å². The van der Waals surface area contributed by atoms with Crippen molar-refractivity contribution in [1.29, 1.82) is 0 Å². The Morgan fingerprint density at radius 2 is 2.13 bits per heavy atom. The highest BCUT2D eigenvalue weighted by molar-refractivity contribution is 7.98. The number of ketones is 1. The summed E-state index contributed by atoms with van der Waals surface area (Å²) in [5.41, 5.74) is 0.838. The van der Waals surface area contributed by atoms with E-state index in [9.17, 15) is 18.0 Å². The minimum Gasteiger partial charge on any atom is -0.320 e. The lowest BCUT2D eigenvalue weighted by Gasteiger charge is -2.22. The predicted molar refractivity (Wildman–Crippen MR) is 81.4 cm³/mol. The third kappa shape index (κ3) is 2.43. The van der Waals surface area contributed by atoms with Crippen LogP contribution in [0.2, 0.25) is 0 Å². The SMILES string of the molecule is [C-]#[N+]c1cc(-n2cc(SC)c3c2CCC(F)(F)C3=O)ccc1F. The highest BCUT2D eigenvalue weighted by Crippen LogP contribution is 2.40. The maximum atomic E-state index is 13.7. The van der Waals surface area contributed by atoms with Gasteiger partial charge in [-0.15, -0.1) is 11.8 Å². The topological polar surface area (TPSA) is 26.4 Å². The number of hydrogen-bond acceptors (Lipinski definition) is 2. The van der Waals surface area contributed by atoms with Crippen LogP contribution in [-0.2, 0) is 6.42 Å². The van der Waals surface area contributed by atoms with E-state index in [1.54, 1.807) is 17.0 Å². The molecule has 0 saturated carbocycles. The summed E-state index contributed by atoms with van der Waals surface area (Å²) >= 11 is 1.21. The van der Waals surface area contributed by atoms with Crippen LogP contribution in [0, 0.1) is 12.4 Å². The van der Waals surface area contributed by atoms with Gasteiger partial charge in [-0.3, -0.25) is 4.79 Å². The van der Waals surface area contributed by atoms with Gasteiger partial charge in [0.05, 0.1) is 12.1 Å². The zero-order chi connectivity index (χ0) is 16.8. The predicted octanol–water partition coefficient (Wildman–Crippen LogP) is 4.65. The van der Waals surface area contributed by atoms with E-state index in [4.69, 9.17) is 6.57 Å². The molecule has 0 N–H and O–H groups in total. The smallest absolute Gasteiger partial charge is 0.310 e. The molecule has 1 aliphatic carbocycles. The second-order valence-corrected chi connectivity index (χ2v) is 6.02. The van der Waals surface area contributed by atoms with Crippen LogP contribution in [0.3, 0.4) is 0 Å². The van der Waals surface area contributed by atoms with Crippen molar-refractivity contribution in [3.63, 3.8) is 0 Å². The lowest BCUT2D eigenvalue weighted by atomic mass is 9.93. The Bertz CT molecular complexity index is 852. The van der Waals surface area contributed by atoms with Crippen molar-refractivity contribution in [1.82, 2.24) is 4.57 Å². The molecule has 7 heteroatoms. The van der Waals surface area contributed by atoms with Gasteiger partial charge in [0.15, 0.2) is 0 Å². The first-order chi connectivity index (χ1) is 10.9. The number of nitrogens with zero attached hydrogens (tertiary/aromatic N) is 2. The summed E-state index contributed by atoms with van der Waals surface area (Å²) in [6.45, 7) is 6.98. The highest BCUT2D eigenvalue weighted by atomic mass is 32.2. The zero-order valence-corrected chi connectivity index (χ0v) is 12.9. The van der Waals surface area contributed by atoms with Gasteiger partial charge in [-0.25, -0.2) is 9.24 Å². The average Bonchev–Trinajstić information content (AvgIpc) is 2.91. The van der Waals surface area contributed by atoms with E-state index < -0.39 is 23.9 Å². The largest absolute Gasteiger partial charge is 0.320 e. The average molecular weight is 336 g/mol. The molecule has 0 radical (unpaired) electrons. The molecule has 1 aliphatic rings. The van der Waals surface area contributed by atoms with Gasteiger partial charge in [0.25, 0.3) is 0 Å².